The summed E-state index contributed by atoms with van der Waals surface area (Å²) in [5.41, 5.74) is 4.79. The summed E-state index contributed by atoms with van der Waals surface area (Å²) in [6.07, 6.45) is -6.01. The van der Waals surface area contributed by atoms with Crippen molar-refractivity contribution >= 4 is 16.2 Å². The van der Waals surface area contributed by atoms with E-state index in [9.17, 15) is 32.9 Å². The summed E-state index contributed by atoms with van der Waals surface area (Å²) in [6, 6.07) is 6.13. The summed E-state index contributed by atoms with van der Waals surface area (Å²) in [6.45, 7) is 1.98. The predicted molar refractivity (Wildman–Crippen MR) is 141 cm³/mol. The number of alkyl halides is 1. The lowest BCUT2D eigenvalue weighted by atomic mass is 9.81. The second-order valence-corrected chi connectivity index (χ2v) is 12.1. The molecule has 2 aromatic rings. The number of aliphatic hydroxyl groups excluding tert-OH is 3. The molecule has 2 fully saturated rings. The normalized spacial score (nSPS) is 28.7. The first-order chi connectivity index (χ1) is 19.5. The molecule has 6 unspecified atom stereocenters. The van der Waals surface area contributed by atoms with E-state index < -0.39 is 47.7 Å². The van der Waals surface area contributed by atoms with Crippen LogP contribution in [0.5, 0.6) is 5.88 Å². The van der Waals surface area contributed by atoms with Gasteiger partial charge >= 0.3 is 10.3 Å². The third-order valence-electron chi connectivity index (χ3n) is 8.14. The molecular weight excluding hydrogens is 563 g/mol. The lowest BCUT2D eigenvalue weighted by Gasteiger charge is -2.38. The average Bonchev–Trinajstić information content (AvgIpc) is 3.35. The summed E-state index contributed by atoms with van der Waals surface area (Å²) in [4.78, 5) is 14.2. The second-order valence-electron chi connectivity index (χ2n) is 10.7. The third-order valence-corrected chi connectivity index (χ3v) is 9.16. The van der Waals surface area contributed by atoms with Crippen LogP contribution in [0.1, 0.15) is 53.6 Å². The Morgan fingerprint density at radius 1 is 1.22 bits per heavy atom. The second kappa shape index (κ2) is 11.9. The summed E-state index contributed by atoms with van der Waals surface area (Å²) in [7, 11) is -4.24. The number of carbonyl (C=O) groups is 1. The van der Waals surface area contributed by atoms with Gasteiger partial charge < -0.3 is 29.7 Å². The molecule has 41 heavy (non-hydrogen) atoms. The van der Waals surface area contributed by atoms with Crippen molar-refractivity contribution in [2.24, 2.45) is 0 Å². The first kappa shape index (κ1) is 29.8. The molecule has 6 atom stereocenters. The van der Waals surface area contributed by atoms with Crippen LogP contribution in [-0.2, 0) is 32.7 Å². The van der Waals surface area contributed by atoms with Crippen LogP contribution in [0, 0.1) is 0 Å². The summed E-state index contributed by atoms with van der Waals surface area (Å²) in [5.74, 6) is 0.0538. The van der Waals surface area contributed by atoms with E-state index in [1.807, 2.05) is 19.1 Å². The molecule has 5 N–H and O–H groups in total. The van der Waals surface area contributed by atoms with Crippen LogP contribution in [0.4, 0.5) is 4.39 Å². The molecule has 0 radical (unpaired) electrons. The quantitative estimate of drug-likeness (QED) is 0.257. The van der Waals surface area contributed by atoms with Gasteiger partial charge in [0.15, 0.2) is 6.17 Å². The van der Waals surface area contributed by atoms with E-state index in [2.05, 4.69) is 16.3 Å². The van der Waals surface area contributed by atoms with Crippen molar-refractivity contribution in [3.63, 3.8) is 0 Å². The van der Waals surface area contributed by atoms with Crippen LogP contribution < -0.4 is 4.74 Å². The minimum Gasteiger partial charge on any atom is -0.443 e. The first-order valence-corrected chi connectivity index (χ1v) is 15.0. The SMILES string of the molecule is CC1c2cc(CCCC(=O)N3CCN(S(=O)(=O)O)CC3)ccc2Cc2c(OC3OC(CO)C(F)C(O)C3O)n[nH]c21. The number of aryl methyl sites for hydroxylation is 1. The number of aliphatic hydroxyl groups is 3. The number of halogens is 1. The van der Waals surface area contributed by atoms with Crippen LogP contribution in [0.3, 0.4) is 0 Å². The molecule has 1 amide bonds. The van der Waals surface area contributed by atoms with Gasteiger partial charge in [-0.05, 0) is 29.5 Å². The van der Waals surface area contributed by atoms with E-state index in [0.29, 0.717) is 25.7 Å². The van der Waals surface area contributed by atoms with Gasteiger partial charge in [0.05, 0.1) is 6.61 Å². The Labute approximate surface area is 236 Å². The van der Waals surface area contributed by atoms with E-state index >= 15 is 0 Å². The summed E-state index contributed by atoms with van der Waals surface area (Å²) in [5, 5.41) is 36.9. The number of hydrogen-bond donors (Lipinski definition) is 5. The molecule has 226 valence electrons. The Hall–Kier alpha value is -2.66. The molecule has 1 aromatic carbocycles. The van der Waals surface area contributed by atoms with Crippen molar-refractivity contribution in [1.82, 2.24) is 19.4 Å². The fourth-order valence-electron chi connectivity index (χ4n) is 5.72. The standard InChI is InChI=1S/C26H35FN4O9S/c1-14-17-11-15(3-2-4-20(33)30-7-9-31(10-8-30)41(36,37)38)5-6-16(17)12-18-22(14)28-29-25(18)40-26-24(35)23(34)21(27)19(13-32)39-26/h5-6,11,14,19,21,23-24,26,32,34-35H,2-4,7-10,12-13H2,1H3,(H,28,29)(H,36,37,38). The lowest BCUT2D eigenvalue weighted by molar-refractivity contribution is -0.265. The van der Waals surface area contributed by atoms with Crippen molar-refractivity contribution < 1.29 is 46.9 Å². The molecule has 3 heterocycles. The van der Waals surface area contributed by atoms with E-state index in [-0.39, 0.29) is 43.9 Å². The number of nitrogens with one attached hydrogen (secondary N) is 1. The van der Waals surface area contributed by atoms with Gasteiger partial charge in [0.1, 0.15) is 18.3 Å². The number of benzene rings is 1. The number of aromatic nitrogens is 2. The molecule has 5 rings (SSSR count). The number of nitrogens with zero attached hydrogens (tertiary/aromatic N) is 3. The molecule has 2 saturated heterocycles. The number of hydrogen-bond acceptors (Lipinski definition) is 9. The maximum atomic E-state index is 14.1. The topological polar surface area (TPSA) is 186 Å². The van der Waals surface area contributed by atoms with Crippen LogP contribution in [-0.4, -0.2) is 117 Å². The third kappa shape index (κ3) is 6.11. The van der Waals surface area contributed by atoms with Gasteiger partial charge in [-0.3, -0.25) is 14.4 Å². The number of rotatable bonds is 8. The van der Waals surface area contributed by atoms with E-state index in [1.165, 1.54) is 0 Å². The molecule has 1 aliphatic carbocycles. The number of carbonyl (C=O) groups excluding carboxylic acids is 1. The fraction of sp³-hybridized carbons (Fsp3) is 0.615. The van der Waals surface area contributed by atoms with Crippen LogP contribution in [0.15, 0.2) is 18.2 Å². The van der Waals surface area contributed by atoms with Gasteiger partial charge in [0.2, 0.25) is 18.1 Å². The number of H-pyrrole nitrogens is 1. The van der Waals surface area contributed by atoms with Crippen molar-refractivity contribution in [3.05, 3.63) is 46.1 Å². The highest BCUT2D eigenvalue weighted by atomic mass is 32.2. The van der Waals surface area contributed by atoms with Crippen LogP contribution in [0.2, 0.25) is 0 Å². The van der Waals surface area contributed by atoms with Gasteiger partial charge in [-0.25, -0.2) is 4.39 Å². The smallest absolute Gasteiger partial charge is 0.336 e. The van der Waals surface area contributed by atoms with Gasteiger partial charge in [-0.15, -0.1) is 5.10 Å². The van der Waals surface area contributed by atoms with Crippen LogP contribution >= 0.6 is 0 Å². The first-order valence-electron chi connectivity index (χ1n) is 13.6. The number of piperazine rings is 1. The van der Waals surface area contributed by atoms with Crippen molar-refractivity contribution in [2.45, 2.75) is 69.3 Å². The fourth-order valence-corrected chi connectivity index (χ4v) is 6.34. The number of ether oxygens (including phenoxy) is 2. The molecule has 15 heteroatoms. The van der Waals surface area contributed by atoms with E-state index in [4.69, 9.17) is 14.0 Å². The van der Waals surface area contributed by atoms with Crippen molar-refractivity contribution in [2.75, 3.05) is 32.8 Å². The molecule has 3 aliphatic rings. The summed E-state index contributed by atoms with van der Waals surface area (Å²) < 4.78 is 57.8. The summed E-state index contributed by atoms with van der Waals surface area (Å²) >= 11 is 0. The monoisotopic (exact) mass is 598 g/mol. The Morgan fingerprint density at radius 2 is 1.95 bits per heavy atom. The number of amides is 1. The minimum atomic E-state index is -4.24. The molecule has 0 saturated carbocycles. The van der Waals surface area contributed by atoms with E-state index in [0.717, 1.165) is 32.3 Å². The Morgan fingerprint density at radius 3 is 2.63 bits per heavy atom. The number of fused-ring (bicyclic) bond motifs is 2. The Balaban J connectivity index is 1.18. The number of aromatic amines is 1. The van der Waals surface area contributed by atoms with Crippen molar-refractivity contribution in [1.29, 1.82) is 0 Å². The highest BCUT2D eigenvalue weighted by Crippen LogP contribution is 2.40. The largest absolute Gasteiger partial charge is 0.443 e. The zero-order chi connectivity index (χ0) is 29.5. The molecule has 2 aliphatic heterocycles. The van der Waals surface area contributed by atoms with Crippen LogP contribution in [0.25, 0.3) is 0 Å². The zero-order valence-electron chi connectivity index (χ0n) is 22.5. The van der Waals surface area contributed by atoms with Gasteiger partial charge in [0, 0.05) is 56.2 Å². The van der Waals surface area contributed by atoms with Gasteiger partial charge in [-0.2, -0.15) is 12.7 Å². The maximum absolute atomic E-state index is 14.1. The highest BCUT2D eigenvalue weighted by molar-refractivity contribution is 7.83. The lowest BCUT2D eigenvalue weighted by Crippen LogP contribution is -2.58. The Kier molecular flexibility index (Phi) is 8.66. The molecule has 1 aromatic heterocycles. The van der Waals surface area contributed by atoms with Crippen molar-refractivity contribution in [3.8, 4) is 5.88 Å². The average molecular weight is 599 g/mol. The minimum absolute atomic E-state index is 0.0483. The molecule has 13 nitrogen and oxygen atoms in total. The zero-order valence-corrected chi connectivity index (χ0v) is 23.3. The van der Waals surface area contributed by atoms with Gasteiger partial charge in [0.25, 0.3) is 0 Å². The van der Waals surface area contributed by atoms with Gasteiger partial charge in [-0.1, -0.05) is 25.1 Å². The maximum Gasteiger partial charge on any atom is 0.336 e. The van der Waals surface area contributed by atoms with E-state index in [1.54, 1.807) is 4.90 Å². The molecule has 0 spiro atoms. The Bertz CT molecular complexity index is 1360. The molecule has 0 bridgehead atoms. The predicted octanol–water partition coefficient (Wildman–Crippen LogP) is -0.109. The highest BCUT2D eigenvalue weighted by Gasteiger charge is 2.46. The molecular formula is C26H35FN4O9S.